The number of imidazole rings is 1. The molecule has 3 aromatic heterocycles. The molecule has 0 atom stereocenters. The first-order valence-electron chi connectivity index (χ1n) is 7.36. The number of nitrogens with two attached hydrogens (primary N) is 1. The van der Waals surface area contributed by atoms with Crippen LogP contribution in [0.15, 0.2) is 30.6 Å². The third kappa shape index (κ3) is 2.13. The number of hydrogen-bond acceptors (Lipinski definition) is 5. The number of rotatable bonds is 1. The van der Waals surface area contributed by atoms with Gasteiger partial charge in [-0.15, -0.1) is 0 Å². The molecule has 3 aromatic rings. The molecule has 22 heavy (non-hydrogen) atoms. The zero-order chi connectivity index (χ0) is 15.1. The lowest BCUT2D eigenvalue weighted by atomic mass is 10.0. The van der Waals surface area contributed by atoms with Crippen LogP contribution in [-0.2, 0) is 6.42 Å². The van der Waals surface area contributed by atoms with E-state index in [-0.39, 0.29) is 0 Å². The highest BCUT2D eigenvalue weighted by molar-refractivity contribution is 5.79. The minimum atomic E-state index is 0.327. The van der Waals surface area contributed by atoms with E-state index in [2.05, 4.69) is 26.1 Å². The van der Waals surface area contributed by atoms with Crippen LogP contribution < -0.4 is 5.73 Å². The van der Waals surface area contributed by atoms with Crippen LogP contribution in [0.4, 0.5) is 5.95 Å². The van der Waals surface area contributed by atoms with Gasteiger partial charge in [0.05, 0.1) is 23.3 Å². The summed E-state index contributed by atoms with van der Waals surface area (Å²) in [7, 11) is 0. The number of nitrogen functional groups attached to an aromatic ring is 1. The molecule has 0 aliphatic heterocycles. The minimum Gasteiger partial charge on any atom is -0.368 e. The molecule has 4 rings (SSSR count). The monoisotopic (exact) mass is 292 g/mol. The summed E-state index contributed by atoms with van der Waals surface area (Å²) in [6, 6.07) is 3.98. The average Bonchev–Trinajstić information content (AvgIpc) is 2.74. The Hall–Kier alpha value is -2.76. The Kier molecular flexibility index (Phi) is 2.89. The van der Waals surface area contributed by atoms with E-state index in [0.717, 1.165) is 53.1 Å². The standard InChI is InChI=1S/C16H16N6/c1-10-9-22-15(19-10)7-6-14(21-22)11-4-2-3-5-13-12(11)8-18-16(17)20-13/h4,6-9H,2-3,5H2,1H3,(H2,17,18,20). The lowest BCUT2D eigenvalue weighted by molar-refractivity contribution is 0.823. The molecule has 0 fully saturated rings. The molecule has 0 unspecified atom stereocenters. The number of hydrogen-bond donors (Lipinski definition) is 1. The van der Waals surface area contributed by atoms with Crippen molar-refractivity contribution in [3.05, 3.63) is 53.2 Å². The van der Waals surface area contributed by atoms with Crippen LogP contribution in [0.3, 0.4) is 0 Å². The molecule has 1 aliphatic carbocycles. The van der Waals surface area contributed by atoms with Crippen molar-refractivity contribution in [1.29, 1.82) is 0 Å². The number of anilines is 1. The molecule has 6 heteroatoms. The molecule has 3 heterocycles. The first-order valence-corrected chi connectivity index (χ1v) is 7.36. The number of aryl methyl sites for hydroxylation is 2. The van der Waals surface area contributed by atoms with Crippen LogP contribution in [0, 0.1) is 6.92 Å². The molecule has 0 radical (unpaired) electrons. The van der Waals surface area contributed by atoms with Crippen molar-refractivity contribution in [1.82, 2.24) is 24.6 Å². The maximum absolute atomic E-state index is 5.72. The van der Waals surface area contributed by atoms with Gasteiger partial charge in [-0.05, 0) is 38.3 Å². The fourth-order valence-electron chi connectivity index (χ4n) is 2.86. The molecule has 6 nitrogen and oxygen atoms in total. The van der Waals surface area contributed by atoms with E-state index < -0.39 is 0 Å². The topological polar surface area (TPSA) is 82.0 Å². The largest absolute Gasteiger partial charge is 0.368 e. The van der Waals surface area contributed by atoms with Gasteiger partial charge in [0.2, 0.25) is 5.95 Å². The predicted octanol–water partition coefficient (Wildman–Crippen LogP) is 2.18. The minimum absolute atomic E-state index is 0.327. The Morgan fingerprint density at radius 3 is 3.05 bits per heavy atom. The van der Waals surface area contributed by atoms with Crippen LogP contribution >= 0.6 is 0 Å². The maximum Gasteiger partial charge on any atom is 0.220 e. The second-order valence-electron chi connectivity index (χ2n) is 5.50. The summed E-state index contributed by atoms with van der Waals surface area (Å²) in [4.78, 5) is 13.0. The highest BCUT2D eigenvalue weighted by Gasteiger charge is 2.17. The Bertz CT molecular complexity index is 893. The second kappa shape index (κ2) is 4.91. The third-order valence-corrected chi connectivity index (χ3v) is 3.86. The van der Waals surface area contributed by atoms with Gasteiger partial charge in [0.15, 0.2) is 5.65 Å². The van der Waals surface area contributed by atoms with Crippen LogP contribution in [0.25, 0.3) is 11.2 Å². The molecule has 2 N–H and O–H groups in total. The molecule has 0 spiro atoms. The highest BCUT2D eigenvalue weighted by Crippen LogP contribution is 2.28. The summed E-state index contributed by atoms with van der Waals surface area (Å²) in [5.41, 5.74) is 11.5. The highest BCUT2D eigenvalue weighted by atomic mass is 15.2. The predicted molar refractivity (Wildman–Crippen MR) is 84.2 cm³/mol. The Labute approximate surface area is 127 Å². The van der Waals surface area contributed by atoms with Crippen LogP contribution in [-0.4, -0.2) is 24.6 Å². The molecule has 0 saturated carbocycles. The SMILES string of the molecule is Cc1cn2nc(C3=CCCCc4nc(N)ncc43)ccc2n1. The van der Waals surface area contributed by atoms with E-state index in [4.69, 9.17) is 5.73 Å². The lowest BCUT2D eigenvalue weighted by Gasteiger charge is -2.09. The van der Waals surface area contributed by atoms with E-state index in [9.17, 15) is 0 Å². The van der Waals surface area contributed by atoms with E-state index in [1.165, 1.54) is 0 Å². The van der Waals surface area contributed by atoms with Crippen LogP contribution in [0.5, 0.6) is 0 Å². The summed E-state index contributed by atoms with van der Waals surface area (Å²) < 4.78 is 1.81. The number of allylic oxidation sites excluding steroid dienone is 1. The van der Waals surface area contributed by atoms with Gasteiger partial charge >= 0.3 is 0 Å². The van der Waals surface area contributed by atoms with Crippen LogP contribution in [0.1, 0.15) is 35.5 Å². The van der Waals surface area contributed by atoms with Crippen molar-refractivity contribution in [3.63, 3.8) is 0 Å². The van der Waals surface area contributed by atoms with Crippen molar-refractivity contribution in [2.45, 2.75) is 26.2 Å². The molecular weight excluding hydrogens is 276 g/mol. The van der Waals surface area contributed by atoms with E-state index >= 15 is 0 Å². The molecular formula is C16H16N6. The molecule has 110 valence electrons. The fraction of sp³-hybridized carbons (Fsp3) is 0.250. The molecule has 0 saturated heterocycles. The van der Waals surface area contributed by atoms with Gasteiger partial charge < -0.3 is 5.73 Å². The zero-order valence-electron chi connectivity index (χ0n) is 12.3. The summed E-state index contributed by atoms with van der Waals surface area (Å²) in [5.74, 6) is 0.327. The van der Waals surface area contributed by atoms with E-state index in [0.29, 0.717) is 5.95 Å². The summed E-state index contributed by atoms with van der Waals surface area (Å²) in [6.07, 6.45) is 8.90. The molecule has 0 aromatic carbocycles. The molecule has 1 aliphatic rings. The van der Waals surface area contributed by atoms with Gasteiger partial charge in [-0.2, -0.15) is 5.10 Å². The molecule has 0 bridgehead atoms. The normalized spacial score (nSPS) is 14.5. The third-order valence-electron chi connectivity index (χ3n) is 3.86. The zero-order valence-corrected chi connectivity index (χ0v) is 12.3. The quantitative estimate of drug-likeness (QED) is 0.743. The van der Waals surface area contributed by atoms with Crippen LogP contribution in [0.2, 0.25) is 0 Å². The Morgan fingerprint density at radius 2 is 2.14 bits per heavy atom. The van der Waals surface area contributed by atoms with Gasteiger partial charge in [0.1, 0.15) is 0 Å². The van der Waals surface area contributed by atoms with E-state index in [1.807, 2.05) is 29.8 Å². The number of nitrogens with zero attached hydrogens (tertiary/aromatic N) is 5. The number of fused-ring (bicyclic) bond motifs is 2. The first-order chi connectivity index (χ1) is 10.7. The van der Waals surface area contributed by atoms with Crippen molar-refractivity contribution >= 4 is 17.2 Å². The van der Waals surface area contributed by atoms with Gasteiger partial charge in [0.25, 0.3) is 0 Å². The van der Waals surface area contributed by atoms with Gasteiger partial charge in [-0.25, -0.2) is 19.5 Å². The smallest absolute Gasteiger partial charge is 0.220 e. The lowest BCUT2D eigenvalue weighted by Crippen LogP contribution is -2.04. The Morgan fingerprint density at radius 1 is 1.23 bits per heavy atom. The second-order valence-corrected chi connectivity index (χ2v) is 5.50. The summed E-state index contributed by atoms with van der Waals surface area (Å²) in [6.45, 7) is 1.96. The van der Waals surface area contributed by atoms with Crippen molar-refractivity contribution in [2.24, 2.45) is 0 Å². The van der Waals surface area contributed by atoms with Gasteiger partial charge in [-0.1, -0.05) is 6.08 Å². The van der Waals surface area contributed by atoms with Crippen molar-refractivity contribution in [3.8, 4) is 0 Å². The maximum atomic E-state index is 5.72. The summed E-state index contributed by atoms with van der Waals surface area (Å²) in [5, 5.41) is 4.68. The molecule has 0 amide bonds. The van der Waals surface area contributed by atoms with Crippen molar-refractivity contribution in [2.75, 3.05) is 5.73 Å². The van der Waals surface area contributed by atoms with Crippen molar-refractivity contribution < 1.29 is 0 Å². The fourth-order valence-corrected chi connectivity index (χ4v) is 2.86. The first kappa shape index (κ1) is 12.9. The van der Waals surface area contributed by atoms with Gasteiger partial charge in [-0.3, -0.25) is 0 Å². The Balaban J connectivity index is 1.88. The number of aromatic nitrogens is 5. The summed E-state index contributed by atoms with van der Waals surface area (Å²) >= 11 is 0. The van der Waals surface area contributed by atoms with Gasteiger partial charge in [0, 0.05) is 17.3 Å². The average molecular weight is 292 g/mol. The van der Waals surface area contributed by atoms with E-state index in [1.54, 1.807) is 6.20 Å².